The largest absolute Gasteiger partial charge is 0.462 e. The van der Waals surface area contributed by atoms with Crippen molar-refractivity contribution in [3.05, 3.63) is 11.3 Å². The van der Waals surface area contributed by atoms with E-state index in [0.717, 1.165) is 4.68 Å². The molecule has 16 heavy (non-hydrogen) atoms. The Morgan fingerprint density at radius 1 is 1.56 bits per heavy atom. The minimum atomic E-state index is -4.01. The van der Waals surface area contributed by atoms with Gasteiger partial charge in [-0.2, -0.15) is 5.10 Å². The fourth-order valence-electron chi connectivity index (χ4n) is 1.40. The van der Waals surface area contributed by atoms with Crippen molar-refractivity contribution in [2.45, 2.75) is 18.9 Å². The number of ether oxygens (including phenoxy) is 1. The van der Waals surface area contributed by atoms with Crippen LogP contribution in [0.25, 0.3) is 0 Å². The van der Waals surface area contributed by atoms with Crippen molar-refractivity contribution >= 4 is 16.0 Å². The number of nitrogens with two attached hydrogens (primary N) is 1. The lowest BCUT2D eigenvalue weighted by molar-refractivity contribution is 0.0520. The number of sulfonamides is 1. The van der Waals surface area contributed by atoms with Crippen molar-refractivity contribution in [2.24, 2.45) is 12.2 Å². The van der Waals surface area contributed by atoms with Crippen LogP contribution in [0.15, 0.2) is 5.03 Å². The molecule has 0 radical (unpaired) electrons. The Balaban J connectivity index is 3.44. The number of nitrogens with zero attached hydrogens (tertiary/aromatic N) is 2. The average molecular weight is 247 g/mol. The highest BCUT2D eigenvalue weighted by molar-refractivity contribution is 7.89. The van der Waals surface area contributed by atoms with Crippen molar-refractivity contribution in [1.29, 1.82) is 0 Å². The summed E-state index contributed by atoms with van der Waals surface area (Å²) in [4.78, 5) is 11.6. The molecule has 0 amide bonds. The third kappa shape index (κ3) is 2.22. The third-order valence-electron chi connectivity index (χ3n) is 1.92. The number of hydrogen-bond donors (Lipinski definition) is 1. The highest BCUT2D eigenvalue weighted by Crippen LogP contribution is 2.18. The van der Waals surface area contributed by atoms with Gasteiger partial charge >= 0.3 is 5.97 Å². The molecule has 0 saturated heterocycles. The number of hydrogen-bond acceptors (Lipinski definition) is 5. The highest BCUT2D eigenvalue weighted by Gasteiger charge is 2.28. The van der Waals surface area contributed by atoms with Gasteiger partial charge in [0, 0.05) is 7.05 Å². The molecule has 1 rings (SSSR count). The quantitative estimate of drug-likeness (QED) is 0.728. The molecule has 0 bridgehead atoms. The van der Waals surface area contributed by atoms with Gasteiger partial charge in [0.15, 0.2) is 5.03 Å². The first-order valence-corrected chi connectivity index (χ1v) is 6.07. The van der Waals surface area contributed by atoms with Gasteiger partial charge in [0.25, 0.3) is 10.0 Å². The molecule has 0 saturated carbocycles. The van der Waals surface area contributed by atoms with E-state index in [1.165, 1.54) is 14.0 Å². The van der Waals surface area contributed by atoms with Crippen LogP contribution < -0.4 is 5.14 Å². The molecule has 8 heteroatoms. The summed E-state index contributed by atoms with van der Waals surface area (Å²) in [5.74, 6) is -0.739. The van der Waals surface area contributed by atoms with Gasteiger partial charge in [-0.1, -0.05) is 0 Å². The van der Waals surface area contributed by atoms with Crippen LogP contribution in [0, 0.1) is 6.92 Å². The molecule has 0 aliphatic heterocycles. The summed E-state index contributed by atoms with van der Waals surface area (Å²) in [6.07, 6.45) is 0. The maximum Gasteiger partial charge on any atom is 0.343 e. The number of aryl methyl sites for hydroxylation is 2. The number of primary sulfonamides is 1. The fourth-order valence-corrected chi connectivity index (χ4v) is 2.33. The summed E-state index contributed by atoms with van der Waals surface area (Å²) in [5, 5.41) is 8.52. The second kappa shape index (κ2) is 4.22. The Kier molecular flexibility index (Phi) is 3.34. The second-order valence-corrected chi connectivity index (χ2v) is 4.63. The fraction of sp³-hybridized carbons (Fsp3) is 0.500. The van der Waals surface area contributed by atoms with Crippen molar-refractivity contribution < 1.29 is 17.9 Å². The topological polar surface area (TPSA) is 104 Å². The molecule has 1 aromatic heterocycles. The maximum atomic E-state index is 11.6. The van der Waals surface area contributed by atoms with Gasteiger partial charge in [-0.05, 0) is 13.8 Å². The SMILES string of the molecule is CCOC(=O)c1c(C)nn(C)c1S(N)(=O)=O. The lowest BCUT2D eigenvalue weighted by Gasteiger charge is -2.03. The smallest absolute Gasteiger partial charge is 0.343 e. The zero-order chi connectivity index (χ0) is 12.5. The van der Waals surface area contributed by atoms with Crippen LogP contribution in [-0.4, -0.2) is 30.8 Å². The van der Waals surface area contributed by atoms with E-state index < -0.39 is 16.0 Å². The molecule has 7 nitrogen and oxygen atoms in total. The summed E-state index contributed by atoms with van der Waals surface area (Å²) < 4.78 is 28.4. The number of rotatable bonds is 3. The van der Waals surface area contributed by atoms with Gasteiger partial charge < -0.3 is 4.74 Å². The van der Waals surface area contributed by atoms with E-state index in [2.05, 4.69) is 5.10 Å². The Bertz CT molecular complexity index is 518. The summed E-state index contributed by atoms with van der Waals surface area (Å²) in [6, 6.07) is 0. The van der Waals surface area contributed by atoms with Crippen molar-refractivity contribution in [3.8, 4) is 0 Å². The van der Waals surface area contributed by atoms with Gasteiger partial charge in [0.1, 0.15) is 5.56 Å². The zero-order valence-corrected chi connectivity index (χ0v) is 10.0. The third-order valence-corrected chi connectivity index (χ3v) is 2.93. The highest BCUT2D eigenvalue weighted by atomic mass is 32.2. The van der Waals surface area contributed by atoms with Crippen LogP contribution in [0.3, 0.4) is 0 Å². The summed E-state index contributed by atoms with van der Waals surface area (Å²) in [7, 11) is -2.61. The molecule has 0 fully saturated rings. The van der Waals surface area contributed by atoms with Gasteiger partial charge in [0.2, 0.25) is 0 Å². The van der Waals surface area contributed by atoms with Crippen LogP contribution in [-0.2, 0) is 21.8 Å². The Morgan fingerprint density at radius 2 is 2.12 bits per heavy atom. The first-order chi connectivity index (χ1) is 7.29. The molecule has 0 unspecified atom stereocenters. The van der Waals surface area contributed by atoms with E-state index >= 15 is 0 Å². The van der Waals surface area contributed by atoms with E-state index in [1.807, 2.05) is 0 Å². The Morgan fingerprint density at radius 3 is 2.56 bits per heavy atom. The van der Waals surface area contributed by atoms with E-state index in [9.17, 15) is 13.2 Å². The lowest BCUT2D eigenvalue weighted by atomic mass is 10.3. The van der Waals surface area contributed by atoms with Gasteiger partial charge in [-0.25, -0.2) is 18.4 Å². The number of carbonyl (C=O) groups is 1. The molecule has 90 valence electrons. The Hall–Kier alpha value is -1.41. The van der Waals surface area contributed by atoms with E-state index in [4.69, 9.17) is 9.88 Å². The van der Waals surface area contributed by atoms with E-state index in [-0.39, 0.29) is 22.9 Å². The predicted molar refractivity (Wildman–Crippen MR) is 55.3 cm³/mol. The van der Waals surface area contributed by atoms with Gasteiger partial charge in [-0.3, -0.25) is 4.68 Å². The number of carbonyl (C=O) groups excluding carboxylic acids is 1. The minimum Gasteiger partial charge on any atom is -0.462 e. The molecule has 0 aliphatic rings. The number of aromatic nitrogens is 2. The molecule has 0 atom stereocenters. The van der Waals surface area contributed by atoms with Gasteiger partial charge in [-0.15, -0.1) is 0 Å². The molecular formula is C8H13N3O4S. The summed E-state index contributed by atoms with van der Waals surface area (Å²) in [6.45, 7) is 3.29. The molecule has 1 aromatic rings. The minimum absolute atomic E-state index is 0.105. The number of esters is 1. The summed E-state index contributed by atoms with van der Waals surface area (Å²) >= 11 is 0. The molecule has 0 aliphatic carbocycles. The van der Waals surface area contributed by atoms with Crippen LogP contribution in [0.2, 0.25) is 0 Å². The average Bonchev–Trinajstić information content (AvgIpc) is 2.40. The van der Waals surface area contributed by atoms with Crippen LogP contribution >= 0.6 is 0 Å². The zero-order valence-electron chi connectivity index (χ0n) is 9.22. The molecule has 1 heterocycles. The lowest BCUT2D eigenvalue weighted by Crippen LogP contribution is -2.20. The summed E-state index contributed by atoms with van der Waals surface area (Å²) in [5.41, 5.74) is 0.164. The predicted octanol–water partition coefficient (Wildman–Crippen LogP) is -0.447. The molecule has 2 N–H and O–H groups in total. The van der Waals surface area contributed by atoms with Crippen molar-refractivity contribution in [1.82, 2.24) is 9.78 Å². The molecule has 0 spiro atoms. The molecular weight excluding hydrogens is 234 g/mol. The van der Waals surface area contributed by atoms with E-state index in [1.54, 1.807) is 6.92 Å². The van der Waals surface area contributed by atoms with E-state index in [0.29, 0.717) is 0 Å². The second-order valence-electron chi connectivity index (χ2n) is 3.15. The van der Waals surface area contributed by atoms with Crippen LogP contribution in [0.4, 0.5) is 0 Å². The monoisotopic (exact) mass is 247 g/mol. The van der Waals surface area contributed by atoms with Gasteiger partial charge in [0.05, 0.1) is 12.3 Å². The first kappa shape index (κ1) is 12.7. The van der Waals surface area contributed by atoms with Crippen LogP contribution in [0.5, 0.6) is 0 Å². The first-order valence-electron chi connectivity index (χ1n) is 4.52. The van der Waals surface area contributed by atoms with Crippen molar-refractivity contribution in [2.75, 3.05) is 6.61 Å². The Labute approximate surface area is 93.2 Å². The standard InChI is InChI=1S/C8H13N3O4S/c1-4-15-8(12)6-5(2)10-11(3)7(6)16(9,13)14/h4H2,1-3H3,(H2,9,13,14). The van der Waals surface area contributed by atoms with Crippen LogP contribution in [0.1, 0.15) is 23.0 Å². The van der Waals surface area contributed by atoms with Crippen molar-refractivity contribution in [3.63, 3.8) is 0 Å². The molecule has 0 aromatic carbocycles. The normalized spacial score (nSPS) is 11.5. The maximum absolute atomic E-state index is 11.6.